The third kappa shape index (κ3) is 6.94. The largest absolute Gasteiger partial charge is 0.357 e. The van der Waals surface area contributed by atoms with Crippen LogP contribution in [0, 0.1) is 6.92 Å². The average molecular weight is 509 g/mol. The van der Waals surface area contributed by atoms with Crippen LogP contribution in [-0.2, 0) is 19.5 Å². The number of thiophene rings is 1. The van der Waals surface area contributed by atoms with Crippen LogP contribution >= 0.6 is 35.3 Å². The zero-order chi connectivity index (χ0) is 18.9. The third-order valence-electron chi connectivity index (χ3n) is 4.28. The van der Waals surface area contributed by atoms with E-state index in [2.05, 4.69) is 68.9 Å². The number of halogens is 1. The van der Waals surface area contributed by atoms with E-state index in [1.54, 1.807) is 11.3 Å². The molecule has 3 rings (SSSR count). The van der Waals surface area contributed by atoms with E-state index in [9.17, 15) is 0 Å². The van der Waals surface area contributed by atoms with Crippen molar-refractivity contribution in [2.75, 3.05) is 13.1 Å². The first-order chi connectivity index (χ1) is 13.2. The molecule has 3 aromatic rings. The van der Waals surface area contributed by atoms with Gasteiger partial charge >= 0.3 is 0 Å². The van der Waals surface area contributed by atoms with Crippen molar-refractivity contribution in [3.8, 4) is 0 Å². The van der Waals surface area contributed by atoms with E-state index in [4.69, 9.17) is 4.99 Å². The highest BCUT2D eigenvalue weighted by Crippen LogP contribution is 2.10. The van der Waals surface area contributed by atoms with Gasteiger partial charge < -0.3 is 15.2 Å². The van der Waals surface area contributed by atoms with E-state index in [1.165, 1.54) is 16.0 Å². The molecule has 5 nitrogen and oxygen atoms in total. The summed E-state index contributed by atoms with van der Waals surface area (Å²) in [5.74, 6) is 1.90. The minimum atomic E-state index is 0. The number of nitrogens with zero attached hydrogens (tertiary/aromatic N) is 3. The lowest BCUT2D eigenvalue weighted by atomic mass is 10.1. The standard InChI is InChI=1S/C21H27N5S.HI/c1-3-22-21(24-10-9-20-8-5-13-27-20)25-15-18-6-4-7-19(14-18)16-26-12-11-23-17(26)2;/h4-8,11-14H,3,9-10,15-16H2,1-2H3,(H2,22,24,25);1H. The first kappa shape index (κ1) is 22.4. The number of hydrogen-bond donors (Lipinski definition) is 2. The number of rotatable bonds is 8. The molecule has 0 aliphatic rings. The van der Waals surface area contributed by atoms with Crippen molar-refractivity contribution in [2.45, 2.75) is 33.4 Å². The highest BCUT2D eigenvalue weighted by Gasteiger charge is 2.02. The smallest absolute Gasteiger partial charge is 0.191 e. The van der Waals surface area contributed by atoms with Gasteiger partial charge in [-0.25, -0.2) is 9.98 Å². The van der Waals surface area contributed by atoms with Crippen LogP contribution in [0.1, 0.15) is 28.8 Å². The van der Waals surface area contributed by atoms with Crippen molar-refractivity contribution in [2.24, 2.45) is 4.99 Å². The molecule has 0 spiro atoms. The molecule has 0 saturated heterocycles. The fraction of sp³-hybridized carbons (Fsp3) is 0.333. The van der Waals surface area contributed by atoms with Crippen molar-refractivity contribution in [1.82, 2.24) is 20.2 Å². The molecular formula is C21H28IN5S. The fourth-order valence-electron chi connectivity index (χ4n) is 2.86. The van der Waals surface area contributed by atoms with Crippen LogP contribution in [0.2, 0.25) is 0 Å². The lowest BCUT2D eigenvalue weighted by molar-refractivity contribution is 0.760. The van der Waals surface area contributed by atoms with Crippen molar-refractivity contribution >= 4 is 41.3 Å². The molecule has 150 valence electrons. The summed E-state index contributed by atoms with van der Waals surface area (Å²) < 4.78 is 2.15. The van der Waals surface area contributed by atoms with Gasteiger partial charge in [0, 0.05) is 36.9 Å². The third-order valence-corrected chi connectivity index (χ3v) is 5.21. The van der Waals surface area contributed by atoms with E-state index in [1.807, 2.05) is 19.3 Å². The summed E-state index contributed by atoms with van der Waals surface area (Å²) in [4.78, 5) is 10.4. The molecule has 0 atom stereocenters. The zero-order valence-electron chi connectivity index (χ0n) is 16.4. The maximum absolute atomic E-state index is 4.74. The summed E-state index contributed by atoms with van der Waals surface area (Å²) in [7, 11) is 0. The SMILES string of the molecule is CCNC(=NCc1cccc(Cn2ccnc2C)c1)NCCc1cccs1.I. The van der Waals surface area contributed by atoms with Gasteiger partial charge in [0.2, 0.25) is 0 Å². The molecular weight excluding hydrogens is 481 g/mol. The second kappa shape index (κ2) is 11.9. The highest BCUT2D eigenvalue weighted by molar-refractivity contribution is 14.0. The Morgan fingerprint density at radius 3 is 2.75 bits per heavy atom. The maximum Gasteiger partial charge on any atom is 0.191 e. The lowest BCUT2D eigenvalue weighted by Crippen LogP contribution is -2.38. The van der Waals surface area contributed by atoms with Gasteiger partial charge in [-0.1, -0.05) is 30.3 Å². The van der Waals surface area contributed by atoms with E-state index < -0.39 is 0 Å². The summed E-state index contributed by atoms with van der Waals surface area (Å²) >= 11 is 1.80. The predicted molar refractivity (Wildman–Crippen MR) is 129 cm³/mol. The van der Waals surface area contributed by atoms with Crippen molar-refractivity contribution in [3.05, 3.63) is 76.0 Å². The Bertz CT molecular complexity index is 857. The molecule has 0 radical (unpaired) electrons. The topological polar surface area (TPSA) is 54.2 Å². The van der Waals surface area contributed by atoms with Gasteiger partial charge in [-0.05, 0) is 42.8 Å². The average Bonchev–Trinajstić information content (AvgIpc) is 3.32. The molecule has 0 aliphatic heterocycles. The van der Waals surface area contributed by atoms with Gasteiger partial charge in [0.05, 0.1) is 6.54 Å². The number of aliphatic imine (C=N–C) groups is 1. The van der Waals surface area contributed by atoms with Gasteiger partial charge in [-0.3, -0.25) is 0 Å². The molecule has 1 aromatic carbocycles. The Morgan fingerprint density at radius 2 is 2.04 bits per heavy atom. The predicted octanol–water partition coefficient (Wildman–Crippen LogP) is 4.22. The quantitative estimate of drug-likeness (QED) is 0.272. The number of benzene rings is 1. The molecule has 0 amide bonds. The second-order valence-corrected chi connectivity index (χ2v) is 7.41. The van der Waals surface area contributed by atoms with Crippen LogP contribution in [0.25, 0.3) is 0 Å². The van der Waals surface area contributed by atoms with E-state index in [-0.39, 0.29) is 24.0 Å². The van der Waals surface area contributed by atoms with Gasteiger partial charge in [0.15, 0.2) is 5.96 Å². The lowest BCUT2D eigenvalue weighted by Gasteiger charge is -2.11. The Kier molecular flexibility index (Phi) is 9.49. The summed E-state index contributed by atoms with van der Waals surface area (Å²) in [6.07, 6.45) is 4.87. The minimum absolute atomic E-state index is 0. The Labute approximate surface area is 188 Å². The minimum Gasteiger partial charge on any atom is -0.357 e. The molecule has 7 heteroatoms. The zero-order valence-corrected chi connectivity index (χ0v) is 19.5. The van der Waals surface area contributed by atoms with Crippen molar-refractivity contribution < 1.29 is 0 Å². The molecule has 28 heavy (non-hydrogen) atoms. The van der Waals surface area contributed by atoms with E-state index in [0.29, 0.717) is 6.54 Å². The fourth-order valence-corrected chi connectivity index (χ4v) is 3.57. The molecule has 2 N–H and O–H groups in total. The number of nitrogens with one attached hydrogen (secondary N) is 2. The van der Waals surface area contributed by atoms with Crippen LogP contribution in [0.4, 0.5) is 0 Å². The maximum atomic E-state index is 4.74. The molecule has 0 fully saturated rings. The first-order valence-corrected chi connectivity index (χ1v) is 10.2. The van der Waals surface area contributed by atoms with E-state index in [0.717, 1.165) is 37.8 Å². The molecule has 0 bridgehead atoms. The monoisotopic (exact) mass is 509 g/mol. The van der Waals surface area contributed by atoms with Crippen LogP contribution in [0.5, 0.6) is 0 Å². The molecule has 2 aromatic heterocycles. The second-order valence-electron chi connectivity index (χ2n) is 6.37. The van der Waals surface area contributed by atoms with E-state index >= 15 is 0 Å². The molecule has 0 unspecified atom stereocenters. The van der Waals surface area contributed by atoms with Crippen molar-refractivity contribution in [1.29, 1.82) is 0 Å². The summed E-state index contributed by atoms with van der Waals surface area (Å²) in [5, 5.41) is 8.86. The number of aryl methyl sites for hydroxylation is 1. The van der Waals surface area contributed by atoms with Crippen LogP contribution in [-0.4, -0.2) is 28.6 Å². The van der Waals surface area contributed by atoms with Crippen molar-refractivity contribution in [3.63, 3.8) is 0 Å². The molecule has 0 saturated carbocycles. The number of hydrogen-bond acceptors (Lipinski definition) is 3. The van der Waals surface area contributed by atoms with Crippen LogP contribution in [0.15, 0.2) is 59.2 Å². The Hall–Kier alpha value is -1.87. The van der Waals surface area contributed by atoms with Crippen LogP contribution < -0.4 is 10.6 Å². The van der Waals surface area contributed by atoms with Gasteiger partial charge in [-0.15, -0.1) is 35.3 Å². The van der Waals surface area contributed by atoms with Gasteiger partial charge in [0.25, 0.3) is 0 Å². The summed E-state index contributed by atoms with van der Waals surface area (Å²) in [6.45, 7) is 7.34. The summed E-state index contributed by atoms with van der Waals surface area (Å²) in [6, 6.07) is 12.9. The Balaban J connectivity index is 0.00000280. The number of guanidine groups is 1. The normalized spacial score (nSPS) is 11.1. The molecule has 0 aliphatic carbocycles. The molecule has 2 heterocycles. The summed E-state index contributed by atoms with van der Waals surface area (Å²) in [5.41, 5.74) is 2.47. The Morgan fingerprint density at radius 1 is 1.18 bits per heavy atom. The number of aromatic nitrogens is 2. The highest BCUT2D eigenvalue weighted by atomic mass is 127. The van der Waals surface area contributed by atoms with Gasteiger partial charge in [0.1, 0.15) is 5.82 Å². The van der Waals surface area contributed by atoms with Crippen LogP contribution in [0.3, 0.4) is 0 Å². The number of imidazole rings is 1. The first-order valence-electron chi connectivity index (χ1n) is 9.34. The van der Waals surface area contributed by atoms with Gasteiger partial charge in [-0.2, -0.15) is 0 Å².